The first kappa shape index (κ1) is 19.8. The maximum atomic E-state index is 11.5. The molecule has 26 heavy (non-hydrogen) atoms. The average molecular weight is 357 g/mol. The molecule has 0 aliphatic rings. The Balaban J connectivity index is 2.37. The number of hydrogen-bond acceptors (Lipinski definition) is 5. The Morgan fingerprint density at radius 3 is 1.96 bits per heavy atom. The van der Waals surface area contributed by atoms with E-state index in [1.165, 1.54) is 7.11 Å². The fraction of sp³-hybridized carbons (Fsp3) is 0.381. The van der Waals surface area contributed by atoms with Crippen LogP contribution in [0.15, 0.2) is 36.4 Å². The number of carbonyl (C=O) groups is 1. The van der Waals surface area contributed by atoms with Crippen molar-refractivity contribution in [1.29, 1.82) is 0 Å². The lowest BCUT2D eigenvalue weighted by Crippen LogP contribution is -2.33. The first-order valence-corrected chi connectivity index (χ1v) is 8.59. The van der Waals surface area contributed by atoms with Crippen molar-refractivity contribution in [2.45, 2.75) is 32.2 Å². The maximum Gasteiger partial charge on any atom is 0.322 e. The Morgan fingerprint density at radius 2 is 1.54 bits per heavy atom. The van der Waals surface area contributed by atoms with E-state index >= 15 is 0 Å². The number of hydrogen-bond donors (Lipinski definition) is 1. The summed E-state index contributed by atoms with van der Waals surface area (Å²) in [6, 6.07) is 11.3. The van der Waals surface area contributed by atoms with Gasteiger partial charge in [-0.2, -0.15) is 0 Å². The van der Waals surface area contributed by atoms with Crippen LogP contribution < -0.4 is 15.2 Å². The summed E-state index contributed by atoms with van der Waals surface area (Å²) in [5.74, 6) is 1.50. The first-order valence-electron chi connectivity index (χ1n) is 8.59. The topological polar surface area (TPSA) is 70.8 Å². The van der Waals surface area contributed by atoms with E-state index in [1.807, 2.05) is 36.4 Å². The van der Waals surface area contributed by atoms with Crippen LogP contribution >= 0.6 is 0 Å². The van der Waals surface area contributed by atoms with Crippen LogP contribution in [0.3, 0.4) is 0 Å². The van der Waals surface area contributed by atoms with Gasteiger partial charge in [0.2, 0.25) is 0 Å². The van der Waals surface area contributed by atoms with Crippen molar-refractivity contribution in [1.82, 2.24) is 0 Å². The van der Waals surface area contributed by atoms with E-state index in [1.54, 1.807) is 14.2 Å². The van der Waals surface area contributed by atoms with Gasteiger partial charge in [0.05, 0.1) is 26.9 Å². The summed E-state index contributed by atoms with van der Waals surface area (Å²) in [4.78, 5) is 11.5. The number of esters is 1. The van der Waals surface area contributed by atoms with Crippen LogP contribution in [0, 0.1) is 0 Å². The van der Waals surface area contributed by atoms with Gasteiger partial charge < -0.3 is 19.9 Å². The molecule has 2 aromatic carbocycles. The summed E-state index contributed by atoms with van der Waals surface area (Å²) in [6.07, 6.45) is 0.424. The second kappa shape index (κ2) is 8.72. The Bertz CT molecular complexity index is 728. The number of carbonyl (C=O) groups excluding carboxylic acids is 1. The molecular formula is C21H27NO4. The number of benzene rings is 2. The molecule has 0 saturated heterocycles. The van der Waals surface area contributed by atoms with Crippen LogP contribution in [0.25, 0.3) is 11.1 Å². The predicted octanol–water partition coefficient (Wildman–Crippen LogP) is 3.54. The molecule has 0 heterocycles. The highest BCUT2D eigenvalue weighted by Gasteiger charge is 2.17. The predicted molar refractivity (Wildman–Crippen MR) is 103 cm³/mol. The highest BCUT2D eigenvalue weighted by Crippen LogP contribution is 2.41. The molecule has 0 aliphatic carbocycles. The summed E-state index contributed by atoms with van der Waals surface area (Å²) in [5, 5.41) is 0. The van der Waals surface area contributed by atoms with Gasteiger partial charge in [-0.15, -0.1) is 0 Å². The van der Waals surface area contributed by atoms with Crippen molar-refractivity contribution in [3.05, 3.63) is 47.5 Å². The van der Waals surface area contributed by atoms with Crippen LogP contribution in [-0.2, 0) is 16.0 Å². The van der Waals surface area contributed by atoms with Crippen LogP contribution in [-0.4, -0.2) is 33.3 Å². The van der Waals surface area contributed by atoms with Crippen molar-refractivity contribution < 1.29 is 19.0 Å². The molecule has 0 fully saturated rings. The number of rotatable bonds is 7. The molecule has 0 saturated carbocycles. The molecule has 2 rings (SSSR count). The Kier molecular flexibility index (Phi) is 6.64. The molecule has 140 valence electrons. The van der Waals surface area contributed by atoms with Gasteiger partial charge in [0.15, 0.2) is 0 Å². The average Bonchev–Trinajstić information content (AvgIpc) is 2.66. The van der Waals surface area contributed by atoms with Crippen molar-refractivity contribution in [2.24, 2.45) is 5.73 Å². The van der Waals surface area contributed by atoms with Crippen LogP contribution in [0.2, 0.25) is 0 Å². The first-order chi connectivity index (χ1) is 12.4. The monoisotopic (exact) mass is 357 g/mol. The van der Waals surface area contributed by atoms with Gasteiger partial charge in [-0.25, -0.2) is 0 Å². The van der Waals surface area contributed by atoms with Crippen LogP contribution in [0.1, 0.15) is 30.9 Å². The van der Waals surface area contributed by atoms with E-state index in [-0.39, 0.29) is 0 Å². The number of nitrogens with two attached hydrogens (primary N) is 1. The molecular weight excluding hydrogens is 330 g/mol. The van der Waals surface area contributed by atoms with Crippen molar-refractivity contribution in [3.63, 3.8) is 0 Å². The van der Waals surface area contributed by atoms with E-state index < -0.39 is 12.0 Å². The van der Waals surface area contributed by atoms with Crippen LogP contribution in [0.4, 0.5) is 0 Å². The van der Waals surface area contributed by atoms with Gasteiger partial charge in [0.25, 0.3) is 0 Å². The zero-order valence-corrected chi connectivity index (χ0v) is 16.0. The van der Waals surface area contributed by atoms with Gasteiger partial charge in [-0.3, -0.25) is 4.79 Å². The lowest BCUT2D eigenvalue weighted by atomic mass is 9.95. The Labute approximate surface area is 155 Å². The molecule has 5 nitrogen and oxygen atoms in total. The molecule has 0 bridgehead atoms. The smallest absolute Gasteiger partial charge is 0.322 e. The third-order valence-electron chi connectivity index (χ3n) is 4.40. The lowest BCUT2D eigenvalue weighted by Gasteiger charge is -2.17. The lowest BCUT2D eigenvalue weighted by molar-refractivity contribution is -0.142. The Morgan fingerprint density at radius 1 is 1.00 bits per heavy atom. The molecule has 0 unspecified atom stereocenters. The summed E-state index contributed by atoms with van der Waals surface area (Å²) < 4.78 is 15.9. The SMILES string of the molecule is COC(=O)[C@@H](N)Cc1ccc(-c2c(OC)cc(C(C)C)cc2OC)cc1. The highest BCUT2D eigenvalue weighted by molar-refractivity contribution is 5.78. The van der Waals surface area contributed by atoms with Crippen molar-refractivity contribution in [2.75, 3.05) is 21.3 Å². The minimum absolute atomic E-state index is 0.369. The second-order valence-electron chi connectivity index (χ2n) is 6.49. The number of methoxy groups -OCH3 is 3. The minimum Gasteiger partial charge on any atom is -0.496 e. The third kappa shape index (κ3) is 4.35. The Hall–Kier alpha value is -2.53. The van der Waals surface area contributed by atoms with E-state index in [2.05, 4.69) is 18.6 Å². The molecule has 0 spiro atoms. The minimum atomic E-state index is -0.666. The molecule has 0 amide bonds. The van der Waals surface area contributed by atoms with Gasteiger partial charge >= 0.3 is 5.97 Å². The molecule has 2 aromatic rings. The zero-order chi connectivity index (χ0) is 19.3. The molecule has 0 aliphatic heterocycles. The summed E-state index contributed by atoms with van der Waals surface area (Å²) in [5.41, 5.74) is 9.83. The quantitative estimate of drug-likeness (QED) is 0.768. The third-order valence-corrected chi connectivity index (χ3v) is 4.40. The van der Waals surface area contributed by atoms with E-state index in [0.717, 1.165) is 33.8 Å². The molecule has 5 heteroatoms. The van der Waals surface area contributed by atoms with Gasteiger partial charge in [0, 0.05) is 0 Å². The summed E-state index contributed by atoms with van der Waals surface area (Å²) >= 11 is 0. The van der Waals surface area contributed by atoms with Gasteiger partial charge in [-0.05, 0) is 41.2 Å². The molecule has 0 aromatic heterocycles. The fourth-order valence-corrected chi connectivity index (χ4v) is 2.85. The summed E-state index contributed by atoms with van der Waals surface area (Å²) in [7, 11) is 4.66. The molecule has 2 N–H and O–H groups in total. The molecule has 1 atom stereocenters. The van der Waals surface area contributed by atoms with E-state index in [9.17, 15) is 4.79 Å². The normalized spacial score (nSPS) is 12.0. The van der Waals surface area contributed by atoms with E-state index in [0.29, 0.717) is 12.3 Å². The second-order valence-corrected chi connectivity index (χ2v) is 6.49. The maximum absolute atomic E-state index is 11.5. The highest BCUT2D eigenvalue weighted by atomic mass is 16.5. The largest absolute Gasteiger partial charge is 0.496 e. The van der Waals surface area contributed by atoms with Crippen LogP contribution in [0.5, 0.6) is 11.5 Å². The van der Waals surface area contributed by atoms with Crippen molar-refractivity contribution in [3.8, 4) is 22.6 Å². The zero-order valence-electron chi connectivity index (χ0n) is 16.0. The van der Waals surface area contributed by atoms with Crippen molar-refractivity contribution >= 4 is 5.97 Å². The van der Waals surface area contributed by atoms with E-state index in [4.69, 9.17) is 15.2 Å². The number of ether oxygens (including phenoxy) is 3. The van der Waals surface area contributed by atoms with Gasteiger partial charge in [-0.1, -0.05) is 38.1 Å². The fourth-order valence-electron chi connectivity index (χ4n) is 2.85. The standard InChI is InChI=1S/C21H27NO4/c1-13(2)16-11-18(24-3)20(19(12-16)25-4)15-8-6-14(7-9-15)10-17(22)21(23)26-5/h6-9,11-13,17H,10,22H2,1-5H3/t17-/m0/s1. The summed E-state index contributed by atoms with van der Waals surface area (Å²) in [6.45, 7) is 4.26. The molecule has 0 radical (unpaired) electrons. The van der Waals surface area contributed by atoms with Gasteiger partial charge in [0.1, 0.15) is 17.5 Å².